The van der Waals surface area contributed by atoms with Crippen LogP contribution in [0.5, 0.6) is 0 Å². The molecule has 0 amide bonds. The summed E-state index contributed by atoms with van der Waals surface area (Å²) in [6.07, 6.45) is 7.03. The zero-order valence-electron chi connectivity index (χ0n) is 9.36. The largest absolute Gasteiger partial charge is 0.294 e. The van der Waals surface area contributed by atoms with Gasteiger partial charge < -0.3 is 0 Å². The number of Topliss-reactive ketones (excluding diaryl/α,β-unsaturated/α-hetero) is 1. The molecule has 0 bridgehead atoms. The average Bonchev–Trinajstić information content (AvgIpc) is 2.69. The molecule has 0 N–H and O–H groups in total. The molecule has 1 saturated carbocycles. The minimum Gasteiger partial charge on any atom is -0.294 e. The van der Waals surface area contributed by atoms with Crippen LogP contribution in [0.3, 0.4) is 0 Å². The molecule has 0 aromatic heterocycles. The van der Waals surface area contributed by atoms with Gasteiger partial charge in [-0.1, -0.05) is 49.2 Å². The van der Waals surface area contributed by atoms with Crippen LogP contribution in [0.2, 0.25) is 0 Å². The van der Waals surface area contributed by atoms with E-state index in [1.54, 1.807) is 0 Å². The van der Waals surface area contributed by atoms with Gasteiger partial charge in [0, 0.05) is 11.5 Å². The van der Waals surface area contributed by atoms with Crippen molar-refractivity contribution in [3.8, 4) is 0 Å². The highest BCUT2D eigenvalue weighted by Crippen LogP contribution is 2.41. The molecule has 1 nitrogen and oxygen atoms in total. The Hall–Kier alpha value is -1.37. The summed E-state index contributed by atoms with van der Waals surface area (Å²) in [5, 5.41) is 0. The summed E-state index contributed by atoms with van der Waals surface area (Å²) in [6.45, 7) is 0. The van der Waals surface area contributed by atoms with Crippen molar-refractivity contribution in [1.29, 1.82) is 0 Å². The SMILES string of the molecule is O=C1C(c2ccccc2)=C[C@@H]2CCCC[C@H]12. The van der Waals surface area contributed by atoms with Crippen molar-refractivity contribution in [2.75, 3.05) is 0 Å². The second-order valence-corrected chi connectivity index (χ2v) is 4.87. The van der Waals surface area contributed by atoms with Crippen molar-refractivity contribution < 1.29 is 4.79 Å². The fraction of sp³-hybridized carbons (Fsp3) is 0.400. The van der Waals surface area contributed by atoms with Crippen molar-refractivity contribution in [1.82, 2.24) is 0 Å². The Morgan fingerprint density at radius 3 is 2.50 bits per heavy atom. The molecule has 0 unspecified atom stereocenters. The van der Waals surface area contributed by atoms with Gasteiger partial charge in [0.2, 0.25) is 0 Å². The van der Waals surface area contributed by atoms with Gasteiger partial charge in [-0.25, -0.2) is 0 Å². The van der Waals surface area contributed by atoms with Crippen LogP contribution in [-0.2, 0) is 4.79 Å². The molecule has 16 heavy (non-hydrogen) atoms. The minimum absolute atomic E-state index is 0.295. The summed E-state index contributed by atoms with van der Waals surface area (Å²) in [5.74, 6) is 1.20. The Morgan fingerprint density at radius 2 is 1.75 bits per heavy atom. The predicted molar refractivity (Wildman–Crippen MR) is 64.9 cm³/mol. The van der Waals surface area contributed by atoms with Gasteiger partial charge in [-0.05, 0) is 24.3 Å². The predicted octanol–water partition coefficient (Wildman–Crippen LogP) is 3.46. The van der Waals surface area contributed by atoms with Gasteiger partial charge in [-0.2, -0.15) is 0 Å². The van der Waals surface area contributed by atoms with E-state index in [-0.39, 0.29) is 0 Å². The van der Waals surface area contributed by atoms with Crippen molar-refractivity contribution in [2.45, 2.75) is 25.7 Å². The third-order valence-corrected chi connectivity index (χ3v) is 3.89. The van der Waals surface area contributed by atoms with Gasteiger partial charge in [0.05, 0.1) is 0 Å². The number of benzene rings is 1. The lowest BCUT2D eigenvalue weighted by Gasteiger charge is -2.22. The van der Waals surface area contributed by atoms with E-state index >= 15 is 0 Å². The quantitative estimate of drug-likeness (QED) is 0.696. The fourth-order valence-electron chi connectivity index (χ4n) is 3.04. The maximum atomic E-state index is 12.3. The second kappa shape index (κ2) is 3.89. The molecular formula is C15H16O. The first kappa shape index (κ1) is 9.83. The Balaban J connectivity index is 1.94. The van der Waals surface area contributed by atoms with Gasteiger partial charge in [0.25, 0.3) is 0 Å². The van der Waals surface area contributed by atoms with E-state index in [1.807, 2.05) is 30.3 Å². The van der Waals surface area contributed by atoms with Crippen LogP contribution >= 0.6 is 0 Å². The van der Waals surface area contributed by atoms with Crippen LogP contribution in [0, 0.1) is 11.8 Å². The molecule has 0 radical (unpaired) electrons. The summed E-state index contributed by atoms with van der Waals surface area (Å²) in [6, 6.07) is 10.1. The maximum absolute atomic E-state index is 12.3. The number of ketones is 1. The molecule has 0 spiro atoms. The van der Waals surface area contributed by atoms with Gasteiger partial charge in [0.15, 0.2) is 5.78 Å². The Labute approximate surface area is 96.2 Å². The van der Waals surface area contributed by atoms with E-state index in [9.17, 15) is 4.79 Å². The van der Waals surface area contributed by atoms with E-state index in [0.29, 0.717) is 17.6 Å². The highest BCUT2D eigenvalue weighted by Gasteiger charge is 2.37. The molecule has 2 atom stereocenters. The molecule has 0 saturated heterocycles. The second-order valence-electron chi connectivity index (χ2n) is 4.87. The third kappa shape index (κ3) is 1.51. The highest BCUT2D eigenvalue weighted by atomic mass is 16.1. The fourth-order valence-corrected chi connectivity index (χ4v) is 3.04. The van der Waals surface area contributed by atoms with E-state index in [1.165, 1.54) is 19.3 Å². The maximum Gasteiger partial charge on any atom is 0.166 e. The van der Waals surface area contributed by atoms with Crippen molar-refractivity contribution in [2.24, 2.45) is 11.8 Å². The standard InChI is InChI=1S/C15H16O/c16-15-13-9-5-4-8-12(13)10-14(15)11-6-2-1-3-7-11/h1-3,6-7,10,12-13H,4-5,8-9H2/t12-,13-/m0/s1. The average molecular weight is 212 g/mol. The van der Waals surface area contributed by atoms with Crippen LogP contribution < -0.4 is 0 Å². The lowest BCUT2D eigenvalue weighted by atomic mass is 9.81. The van der Waals surface area contributed by atoms with Crippen LogP contribution in [-0.4, -0.2) is 5.78 Å². The molecule has 82 valence electrons. The summed E-state index contributed by atoms with van der Waals surface area (Å²) >= 11 is 0. The van der Waals surface area contributed by atoms with Crippen LogP contribution in [0.25, 0.3) is 5.57 Å². The molecule has 1 fully saturated rings. The summed E-state index contributed by atoms with van der Waals surface area (Å²) < 4.78 is 0. The summed E-state index contributed by atoms with van der Waals surface area (Å²) in [4.78, 5) is 12.3. The number of hydrogen-bond acceptors (Lipinski definition) is 1. The van der Waals surface area contributed by atoms with Crippen LogP contribution in [0.4, 0.5) is 0 Å². The van der Waals surface area contributed by atoms with Crippen LogP contribution in [0.1, 0.15) is 31.2 Å². The number of carbonyl (C=O) groups is 1. The third-order valence-electron chi connectivity index (χ3n) is 3.89. The Morgan fingerprint density at radius 1 is 1.00 bits per heavy atom. The van der Waals surface area contributed by atoms with E-state index in [0.717, 1.165) is 17.6 Å². The number of carbonyl (C=O) groups excluding carboxylic acids is 1. The van der Waals surface area contributed by atoms with E-state index < -0.39 is 0 Å². The highest BCUT2D eigenvalue weighted by molar-refractivity contribution is 6.24. The first-order chi connectivity index (χ1) is 7.86. The summed E-state index contributed by atoms with van der Waals surface area (Å²) in [5.41, 5.74) is 2.07. The lowest BCUT2D eigenvalue weighted by molar-refractivity contribution is -0.118. The number of rotatable bonds is 1. The van der Waals surface area contributed by atoms with E-state index in [2.05, 4.69) is 6.08 Å². The van der Waals surface area contributed by atoms with Gasteiger partial charge in [-0.3, -0.25) is 4.79 Å². The molecule has 1 aromatic carbocycles. The topological polar surface area (TPSA) is 17.1 Å². The Kier molecular flexibility index (Phi) is 2.39. The van der Waals surface area contributed by atoms with Crippen molar-refractivity contribution >= 4 is 11.4 Å². The molecule has 0 heterocycles. The smallest absolute Gasteiger partial charge is 0.166 e. The molecular weight excluding hydrogens is 196 g/mol. The first-order valence-electron chi connectivity index (χ1n) is 6.18. The number of hydrogen-bond donors (Lipinski definition) is 0. The number of allylic oxidation sites excluding steroid dienone is 2. The minimum atomic E-state index is 0.295. The van der Waals surface area contributed by atoms with Gasteiger partial charge in [-0.15, -0.1) is 0 Å². The lowest BCUT2D eigenvalue weighted by Crippen LogP contribution is -2.20. The zero-order valence-corrected chi connectivity index (χ0v) is 9.36. The van der Waals surface area contributed by atoms with E-state index in [4.69, 9.17) is 0 Å². The normalized spacial score (nSPS) is 28.8. The van der Waals surface area contributed by atoms with Crippen molar-refractivity contribution in [3.63, 3.8) is 0 Å². The van der Waals surface area contributed by atoms with Gasteiger partial charge in [0.1, 0.15) is 0 Å². The number of fused-ring (bicyclic) bond motifs is 1. The first-order valence-corrected chi connectivity index (χ1v) is 6.18. The monoisotopic (exact) mass is 212 g/mol. The van der Waals surface area contributed by atoms with Crippen molar-refractivity contribution in [3.05, 3.63) is 42.0 Å². The molecule has 1 aromatic rings. The molecule has 1 heteroatoms. The Bertz CT molecular complexity index is 430. The summed E-state index contributed by atoms with van der Waals surface area (Å²) in [7, 11) is 0. The molecule has 2 aliphatic carbocycles. The molecule has 2 aliphatic rings. The molecule has 3 rings (SSSR count). The van der Waals surface area contributed by atoms with Gasteiger partial charge >= 0.3 is 0 Å². The molecule has 0 aliphatic heterocycles. The van der Waals surface area contributed by atoms with Crippen LogP contribution in [0.15, 0.2) is 36.4 Å². The zero-order chi connectivity index (χ0) is 11.0.